The Kier molecular flexibility index (Phi) is 1.64. The summed E-state index contributed by atoms with van der Waals surface area (Å²) in [4.78, 5) is 8.80. The summed E-state index contributed by atoms with van der Waals surface area (Å²) < 4.78 is 0. The minimum Gasteiger partial charge on any atom is -0.351 e. The predicted molar refractivity (Wildman–Crippen MR) is 50.5 cm³/mol. The molecule has 0 atom stereocenters. The van der Waals surface area contributed by atoms with Gasteiger partial charge < -0.3 is 9.80 Å². The monoisotopic (exact) mass is 163 g/mol. The smallest absolute Gasteiger partial charge is 0.153 e. The van der Waals surface area contributed by atoms with E-state index >= 15 is 0 Å². The third-order valence-electron chi connectivity index (χ3n) is 2.23. The highest BCUT2D eigenvalue weighted by atomic mass is 15.4. The van der Waals surface area contributed by atoms with E-state index in [9.17, 15) is 0 Å². The highest BCUT2D eigenvalue weighted by Crippen LogP contribution is 2.31. The van der Waals surface area contributed by atoms with Crippen LogP contribution in [0.25, 0.3) is 0 Å². The van der Waals surface area contributed by atoms with Crippen molar-refractivity contribution in [2.45, 2.75) is 6.92 Å². The van der Waals surface area contributed by atoms with Crippen molar-refractivity contribution in [2.75, 3.05) is 30.1 Å². The van der Waals surface area contributed by atoms with Crippen LogP contribution in [0.2, 0.25) is 0 Å². The van der Waals surface area contributed by atoms with Gasteiger partial charge in [0.1, 0.15) is 0 Å². The zero-order valence-electron chi connectivity index (χ0n) is 7.49. The van der Waals surface area contributed by atoms with Gasteiger partial charge in [-0.25, -0.2) is 4.98 Å². The molecule has 1 aromatic rings. The van der Waals surface area contributed by atoms with Crippen molar-refractivity contribution in [2.24, 2.45) is 0 Å². The molecule has 0 unspecified atom stereocenters. The maximum atomic E-state index is 4.32. The summed E-state index contributed by atoms with van der Waals surface area (Å²) in [5, 5.41) is 0. The van der Waals surface area contributed by atoms with Gasteiger partial charge in [0, 0.05) is 19.8 Å². The number of anilines is 2. The molecule has 0 aromatic carbocycles. The van der Waals surface area contributed by atoms with Gasteiger partial charge in [-0.1, -0.05) is 0 Å². The average Bonchev–Trinajstić information content (AvgIpc) is 2.44. The number of hydrogen-bond acceptors (Lipinski definition) is 3. The maximum Gasteiger partial charge on any atom is 0.153 e. The van der Waals surface area contributed by atoms with Crippen LogP contribution < -0.4 is 9.80 Å². The van der Waals surface area contributed by atoms with Crippen LogP contribution in [0.1, 0.15) is 6.92 Å². The zero-order chi connectivity index (χ0) is 8.55. The van der Waals surface area contributed by atoms with Crippen molar-refractivity contribution >= 4 is 11.5 Å². The van der Waals surface area contributed by atoms with E-state index in [-0.39, 0.29) is 0 Å². The zero-order valence-corrected chi connectivity index (χ0v) is 7.49. The summed E-state index contributed by atoms with van der Waals surface area (Å²) in [6, 6.07) is 4.11. The highest BCUT2D eigenvalue weighted by Gasteiger charge is 2.21. The van der Waals surface area contributed by atoms with Gasteiger partial charge in [0.2, 0.25) is 0 Å². The third kappa shape index (κ3) is 0.932. The summed E-state index contributed by atoms with van der Waals surface area (Å²) >= 11 is 0. The molecule has 0 spiro atoms. The summed E-state index contributed by atoms with van der Waals surface area (Å²) in [5.41, 5.74) is 1.25. The molecule has 0 fully saturated rings. The van der Waals surface area contributed by atoms with Crippen molar-refractivity contribution in [1.29, 1.82) is 0 Å². The lowest BCUT2D eigenvalue weighted by Crippen LogP contribution is -2.27. The van der Waals surface area contributed by atoms with E-state index in [2.05, 4.69) is 34.8 Å². The number of aromatic nitrogens is 1. The molecule has 0 saturated heterocycles. The Hall–Kier alpha value is -1.25. The van der Waals surface area contributed by atoms with E-state index in [0.29, 0.717) is 0 Å². The summed E-state index contributed by atoms with van der Waals surface area (Å²) in [7, 11) is 2.07. The van der Waals surface area contributed by atoms with E-state index in [1.54, 1.807) is 0 Å². The number of rotatable bonds is 1. The second-order valence-electron chi connectivity index (χ2n) is 3.04. The van der Waals surface area contributed by atoms with Crippen LogP contribution in [0.5, 0.6) is 0 Å². The Labute approximate surface area is 72.6 Å². The number of pyridine rings is 1. The first-order chi connectivity index (χ1) is 5.83. The van der Waals surface area contributed by atoms with E-state index in [1.807, 2.05) is 12.3 Å². The van der Waals surface area contributed by atoms with Gasteiger partial charge in [0.15, 0.2) is 5.82 Å². The van der Waals surface area contributed by atoms with Crippen LogP contribution in [0.4, 0.5) is 11.5 Å². The van der Waals surface area contributed by atoms with E-state index in [1.165, 1.54) is 5.69 Å². The SMILES string of the molecule is CCN1CN(C)c2ncccc21. The first-order valence-electron chi connectivity index (χ1n) is 4.24. The fraction of sp³-hybridized carbons (Fsp3) is 0.444. The van der Waals surface area contributed by atoms with Crippen molar-refractivity contribution in [3.63, 3.8) is 0 Å². The van der Waals surface area contributed by atoms with Crippen LogP contribution in [0.3, 0.4) is 0 Å². The lowest BCUT2D eigenvalue weighted by atomic mass is 10.4. The quantitative estimate of drug-likeness (QED) is 0.622. The van der Waals surface area contributed by atoms with Gasteiger partial charge in [-0.15, -0.1) is 0 Å². The molecule has 0 radical (unpaired) electrons. The second kappa shape index (κ2) is 2.66. The number of fused-ring (bicyclic) bond motifs is 1. The second-order valence-corrected chi connectivity index (χ2v) is 3.04. The Bertz CT molecular complexity index is 285. The van der Waals surface area contributed by atoms with E-state index in [0.717, 1.165) is 19.0 Å². The van der Waals surface area contributed by atoms with Crippen molar-refractivity contribution in [1.82, 2.24) is 4.98 Å². The normalized spacial score (nSPS) is 15.2. The average molecular weight is 163 g/mol. The topological polar surface area (TPSA) is 19.4 Å². The molecule has 0 amide bonds. The number of nitrogens with zero attached hydrogens (tertiary/aromatic N) is 3. The molecule has 3 heteroatoms. The third-order valence-corrected chi connectivity index (χ3v) is 2.23. The van der Waals surface area contributed by atoms with Gasteiger partial charge in [0.05, 0.1) is 12.4 Å². The fourth-order valence-corrected chi connectivity index (χ4v) is 1.60. The largest absolute Gasteiger partial charge is 0.351 e. The van der Waals surface area contributed by atoms with E-state index < -0.39 is 0 Å². The minimum absolute atomic E-state index is 0.961. The van der Waals surface area contributed by atoms with Gasteiger partial charge in [-0.2, -0.15) is 0 Å². The molecule has 0 bridgehead atoms. The van der Waals surface area contributed by atoms with Crippen molar-refractivity contribution in [3.05, 3.63) is 18.3 Å². The lowest BCUT2D eigenvalue weighted by Gasteiger charge is -2.15. The fourth-order valence-electron chi connectivity index (χ4n) is 1.60. The minimum atomic E-state index is 0.961. The molecule has 1 aliphatic heterocycles. The Morgan fingerprint density at radius 2 is 2.42 bits per heavy atom. The predicted octanol–water partition coefficient (Wildman–Crippen LogP) is 1.32. The lowest BCUT2D eigenvalue weighted by molar-refractivity contribution is 0.841. The molecule has 2 heterocycles. The molecule has 3 nitrogen and oxygen atoms in total. The van der Waals surface area contributed by atoms with Gasteiger partial charge >= 0.3 is 0 Å². The van der Waals surface area contributed by atoms with Gasteiger partial charge in [-0.3, -0.25) is 0 Å². The van der Waals surface area contributed by atoms with Gasteiger partial charge in [0.25, 0.3) is 0 Å². The van der Waals surface area contributed by atoms with Gasteiger partial charge in [-0.05, 0) is 19.1 Å². The molecule has 0 N–H and O–H groups in total. The molecule has 64 valence electrons. The van der Waals surface area contributed by atoms with Crippen LogP contribution in [-0.2, 0) is 0 Å². The summed E-state index contributed by atoms with van der Waals surface area (Å²) in [6.45, 7) is 4.17. The van der Waals surface area contributed by atoms with E-state index in [4.69, 9.17) is 0 Å². The Balaban J connectivity index is 2.43. The Morgan fingerprint density at radius 1 is 1.58 bits per heavy atom. The number of hydrogen-bond donors (Lipinski definition) is 0. The summed E-state index contributed by atoms with van der Waals surface area (Å²) in [5.74, 6) is 1.10. The first kappa shape index (κ1) is 7.40. The molecule has 1 aliphatic rings. The first-order valence-corrected chi connectivity index (χ1v) is 4.24. The Morgan fingerprint density at radius 3 is 3.17 bits per heavy atom. The molecule has 2 rings (SSSR count). The van der Waals surface area contributed by atoms with Crippen LogP contribution in [0.15, 0.2) is 18.3 Å². The highest BCUT2D eigenvalue weighted by molar-refractivity contribution is 5.71. The standard InChI is InChI=1S/C9H13N3/c1-3-12-7-11(2)9-8(12)5-4-6-10-9/h4-6H,3,7H2,1-2H3. The molecule has 0 aliphatic carbocycles. The van der Waals surface area contributed by atoms with Crippen molar-refractivity contribution in [3.8, 4) is 0 Å². The van der Waals surface area contributed by atoms with Crippen LogP contribution >= 0.6 is 0 Å². The molecular formula is C9H13N3. The molecule has 0 saturated carbocycles. The molecule has 12 heavy (non-hydrogen) atoms. The van der Waals surface area contributed by atoms with Crippen LogP contribution in [0, 0.1) is 0 Å². The maximum absolute atomic E-state index is 4.32. The summed E-state index contributed by atoms with van der Waals surface area (Å²) in [6.07, 6.45) is 1.84. The van der Waals surface area contributed by atoms with Crippen LogP contribution in [-0.4, -0.2) is 25.2 Å². The molecule has 1 aromatic heterocycles. The molecular weight excluding hydrogens is 150 g/mol. The van der Waals surface area contributed by atoms with Crippen molar-refractivity contribution < 1.29 is 0 Å².